The van der Waals surface area contributed by atoms with Gasteiger partial charge in [-0.15, -0.1) is 0 Å². The fourth-order valence-corrected chi connectivity index (χ4v) is 4.39. The summed E-state index contributed by atoms with van der Waals surface area (Å²) in [6, 6.07) is 8.38. The number of hydrogen-bond donors (Lipinski definition) is 1. The molecule has 0 spiro atoms. The highest BCUT2D eigenvalue weighted by Gasteiger charge is 2.29. The quantitative estimate of drug-likeness (QED) is 0.902. The van der Waals surface area contributed by atoms with Gasteiger partial charge in [-0.1, -0.05) is 12.1 Å². The van der Waals surface area contributed by atoms with Crippen LogP contribution in [-0.4, -0.2) is 32.5 Å². The van der Waals surface area contributed by atoms with Gasteiger partial charge in [-0.25, -0.2) is 26.9 Å². The first-order valence-corrected chi connectivity index (χ1v) is 9.50. The molecule has 0 bridgehead atoms. The van der Waals surface area contributed by atoms with Crippen LogP contribution in [0.3, 0.4) is 0 Å². The Balaban J connectivity index is 1.68. The van der Waals surface area contributed by atoms with Crippen LogP contribution in [0.2, 0.25) is 0 Å². The van der Waals surface area contributed by atoms with E-state index in [0.29, 0.717) is 25.9 Å². The van der Waals surface area contributed by atoms with Gasteiger partial charge < -0.3 is 4.90 Å². The van der Waals surface area contributed by atoms with Crippen LogP contribution in [0.15, 0.2) is 41.3 Å². The monoisotopic (exact) mass is 367 g/mol. The van der Waals surface area contributed by atoms with E-state index in [9.17, 15) is 17.2 Å². The first kappa shape index (κ1) is 17.8. The van der Waals surface area contributed by atoms with Crippen molar-refractivity contribution < 1.29 is 17.2 Å². The fraction of sp³-hybridized carbons (Fsp3) is 0.353. The van der Waals surface area contributed by atoms with Crippen molar-refractivity contribution in [1.29, 1.82) is 0 Å². The highest BCUT2D eigenvalue weighted by atomic mass is 32.2. The number of aromatic nitrogens is 1. The molecule has 134 valence electrons. The van der Waals surface area contributed by atoms with E-state index in [2.05, 4.69) is 14.6 Å². The summed E-state index contributed by atoms with van der Waals surface area (Å²) in [4.78, 5) is 5.61. The van der Waals surface area contributed by atoms with E-state index < -0.39 is 26.6 Å². The maximum Gasteiger partial charge on any atom is 0.246 e. The van der Waals surface area contributed by atoms with Crippen LogP contribution < -0.4 is 9.62 Å². The third-order valence-electron chi connectivity index (χ3n) is 4.20. The Morgan fingerprint density at radius 2 is 1.68 bits per heavy atom. The molecule has 2 aromatic rings. The molecule has 0 radical (unpaired) electrons. The summed E-state index contributed by atoms with van der Waals surface area (Å²) in [5, 5.41) is 0. The lowest BCUT2D eigenvalue weighted by atomic mass is 10.1. The molecule has 0 unspecified atom stereocenters. The molecule has 0 amide bonds. The summed E-state index contributed by atoms with van der Waals surface area (Å²) < 4.78 is 54.6. The second-order valence-corrected chi connectivity index (χ2v) is 7.72. The van der Waals surface area contributed by atoms with E-state index in [-0.39, 0.29) is 6.04 Å². The Morgan fingerprint density at radius 1 is 1.08 bits per heavy atom. The summed E-state index contributed by atoms with van der Waals surface area (Å²) in [7, 11) is -4.24. The van der Waals surface area contributed by atoms with Crippen LogP contribution in [0.4, 0.5) is 14.6 Å². The third-order valence-corrected chi connectivity index (χ3v) is 5.77. The number of sulfonamides is 1. The molecule has 1 N–H and O–H groups in total. The average Bonchev–Trinajstić information content (AvgIpc) is 2.54. The van der Waals surface area contributed by atoms with Crippen molar-refractivity contribution in [3.05, 3.63) is 53.7 Å². The number of benzene rings is 1. The lowest BCUT2D eigenvalue weighted by molar-refractivity contribution is 0.452. The predicted octanol–water partition coefficient (Wildman–Crippen LogP) is 2.62. The maximum atomic E-state index is 13.7. The maximum absolute atomic E-state index is 13.7. The standard InChI is InChI=1S/C17H19F2N3O2S/c1-12-4-2-7-16(20-12)22-10-8-13(9-11-22)21-25(23,24)17-14(18)5-3-6-15(17)19/h2-7,13,21H,8-11H2,1H3. The minimum Gasteiger partial charge on any atom is -0.356 e. The number of aryl methyl sites for hydroxylation is 1. The third kappa shape index (κ3) is 3.96. The second-order valence-electron chi connectivity index (χ2n) is 6.07. The summed E-state index contributed by atoms with van der Waals surface area (Å²) in [6.45, 7) is 3.14. The highest BCUT2D eigenvalue weighted by Crippen LogP contribution is 2.22. The number of rotatable bonds is 4. The Bertz CT molecular complexity index is 846. The molecule has 1 saturated heterocycles. The zero-order valence-corrected chi connectivity index (χ0v) is 14.6. The van der Waals surface area contributed by atoms with Gasteiger partial charge in [0.1, 0.15) is 17.5 Å². The van der Waals surface area contributed by atoms with Crippen LogP contribution in [0, 0.1) is 18.6 Å². The largest absolute Gasteiger partial charge is 0.356 e. The van der Waals surface area contributed by atoms with Gasteiger partial charge in [-0.2, -0.15) is 0 Å². The number of anilines is 1. The topological polar surface area (TPSA) is 62.3 Å². The van der Waals surface area contributed by atoms with Gasteiger partial charge in [0.15, 0.2) is 4.90 Å². The summed E-state index contributed by atoms with van der Waals surface area (Å²) >= 11 is 0. The lowest BCUT2D eigenvalue weighted by Crippen LogP contribution is -2.45. The van der Waals surface area contributed by atoms with E-state index in [4.69, 9.17) is 0 Å². The zero-order chi connectivity index (χ0) is 18.0. The van der Waals surface area contributed by atoms with Gasteiger partial charge in [0, 0.05) is 24.8 Å². The molecule has 0 saturated carbocycles. The molecule has 0 aliphatic carbocycles. The average molecular weight is 367 g/mol. The SMILES string of the molecule is Cc1cccc(N2CCC(NS(=O)(=O)c3c(F)cccc3F)CC2)n1. The number of pyridine rings is 1. The molecule has 3 rings (SSSR count). The number of nitrogens with one attached hydrogen (secondary N) is 1. The minimum atomic E-state index is -4.24. The molecule has 25 heavy (non-hydrogen) atoms. The first-order chi connectivity index (χ1) is 11.9. The van der Waals surface area contributed by atoms with Crippen LogP contribution in [0.25, 0.3) is 0 Å². The van der Waals surface area contributed by atoms with Gasteiger partial charge in [0.05, 0.1) is 0 Å². The molecule has 2 heterocycles. The normalized spacial score (nSPS) is 16.2. The lowest BCUT2D eigenvalue weighted by Gasteiger charge is -2.33. The van der Waals surface area contributed by atoms with Crippen LogP contribution in [-0.2, 0) is 10.0 Å². The number of nitrogens with zero attached hydrogens (tertiary/aromatic N) is 2. The predicted molar refractivity (Wildman–Crippen MR) is 90.9 cm³/mol. The Kier molecular flexibility index (Phi) is 5.01. The fourth-order valence-electron chi connectivity index (χ4n) is 2.95. The Morgan fingerprint density at radius 3 is 2.28 bits per heavy atom. The molecule has 1 aromatic carbocycles. The minimum absolute atomic E-state index is 0.370. The van der Waals surface area contributed by atoms with Crippen molar-refractivity contribution in [2.45, 2.75) is 30.7 Å². The Labute approximate surface area is 145 Å². The van der Waals surface area contributed by atoms with E-state index >= 15 is 0 Å². The van der Waals surface area contributed by atoms with Crippen molar-refractivity contribution in [3.63, 3.8) is 0 Å². The van der Waals surface area contributed by atoms with Crippen LogP contribution in [0.1, 0.15) is 18.5 Å². The molecule has 5 nitrogen and oxygen atoms in total. The highest BCUT2D eigenvalue weighted by molar-refractivity contribution is 7.89. The van der Waals surface area contributed by atoms with E-state index in [1.54, 1.807) is 0 Å². The van der Waals surface area contributed by atoms with Crippen molar-refractivity contribution in [3.8, 4) is 0 Å². The molecular formula is C17H19F2N3O2S. The van der Waals surface area contributed by atoms with Crippen LogP contribution in [0.5, 0.6) is 0 Å². The van der Waals surface area contributed by atoms with Crippen molar-refractivity contribution in [2.24, 2.45) is 0 Å². The molecule has 1 fully saturated rings. The molecule has 1 aromatic heterocycles. The van der Waals surface area contributed by atoms with E-state index in [1.165, 1.54) is 0 Å². The van der Waals surface area contributed by atoms with E-state index in [0.717, 1.165) is 29.7 Å². The number of hydrogen-bond acceptors (Lipinski definition) is 4. The zero-order valence-electron chi connectivity index (χ0n) is 13.7. The van der Waals surface area contributed by atoms with Gasteiger partial charge >= 0.3 is 0 Å². The molecule has 1 aliphatic rings. The molecule has 0 atom stereocenters. The van der Waals surface area contributed by atoms with E-state index in [1.807, 2.05) is 25.1 Å². The first-order valence-electron chi connectivity index (χ1n) is 8.02. The van der Waals surface area contributed by atoms with Gasteiger partial charge in [0.2, 0.25) is 10.0 Å². The molecule has 8 heteroatoms. The van der Waals surface area contributed by atoms with Crippen molar-refractivity contribution in [1.82, 2.24) is 9.71 Å². The van der Waals surface area contributed by atoms with Gasteiger partial charge in [-0.05, 0) is 44.0 Å². The van der Waals surface area contributed by atoms with Crippen molar-refractivity contribution in [2.75, 3.05) is 18.0 Å². The summed E-state index contributed by atoms with van der Waals surface area (Å²) in [5.74, 6) is -1.33. The second kappa shape index (κ2) is 7.05. The summed E-state index contributed by atoms with van der Waals surface area (Å²) in [6.07, 6.45) is 1.07. The van der Waals surface area contributed by atoms with Gasteiger partial charge in [0.25, 0.3) is 0 Å². The number of halogens is 2. The smallest absolute Gasteiger partial charge is 0.246 e. The summed E-state index contributed by atoms with van der Waals surface area (Å²) in [5.41, 5.74) is 0.912. The van der Waals surface area contributed by atoms with Crippen molar-refractivity contribution >= 4 is 15.8 Å². The Hall–Kier alpha value is -2.06. The van der Waals surface area contributed by atoms with Crippen LogP contribution >= 0.6 is 0 Å². The van der Waals surface area contributed by atoms with Gasteiger partial charge in [-0.3, -0.25) is 0 Å². The number of piperidine rings is 1. The molecule has 1 aliphatic heterocycles. The molecular weight excluding hydrogens is 348 g/mol.